The van der Waals surface area contributed by atoms with Gasteiger partial charge in [0.1, 0.15) is 10.8 Å². The van der Waals surface area contributed by atoms with Crippen molar-refractivity contribution in [2.45, 2.75) is 13.5 Å². The fourth-order valence-corrected chi connectivity index (χ4v) is 1.88. The van der Waals surface area contributed by atoms with Crippen LogP contribution in [0.2, 0.25) is 0 Å². The molecule has 19 heavy (non-hydrogen) atoms. The smallest absolute Gasteiger partial charge is 0.128 e. The molecule has 0 bridgehead atoms. The van der Waals surface area contributed by atoms with E-state index in [1.807, 2.05) is 30.3 Å². The Balaban J connectivity index is 2.15. The number of hydrogen-bond donors (Lipinski definition) is 1. The zero-order chi connectivity index (χ0) is 13.7. The summed E-state index contributed by atoms with van der Waals surface area (Å²) in [6, 6.07) is 9.73. The minimum atomic E-state index is 0.367. The van der Waals surface area contributed by atoms with Gasteiger partial charge in [-0.1, -0.05) is 18.3 Å². The minimum Gasteiger partial charge on any atom is -0.389 e. The molecule has 2 rings (SSSR count). The van der Waals surface area contributed by atoms with E-state index in [4.69, 9.17) is 18.0 Å². The van der Waals surface area contributed by atoms with E-state index in [-0.39, 0.29) is 0 Å². The zero-order valence-corrected chi connectivity index (χ0v) is 11.6. The molecule has 0 aliphatic rings. The van der Waals surface area contributed by atoms with E-state index >= 15 is 0 Å². The lowest BCUT2D eigenvalue weighted by Gasteiger charge is -2.21. The molecule has 0 spiro atoms. The van der Waals surface area contributed by atoms with Gasteiger partial charge in [-0.25, -0.2) is 4.98 Å². The SMILES string of the molecule is CCN(Cc1ccccn1)c1ccc(C(N)=S)cn1. The first kappa shape index (κ1) is 13.4. The van der Waals surface area contributed by atoms with Crippen LogP contribution < -0.4 is 10.6 Å². The van der Waals surface area contributed by atoms with Gasteiger partial charge in [-0.15, -0.1) is 0 Å². The van der Waals surface area contributed by atoms with Crippen molar-refractivity contribution in [3.63, 3.8) is 0 Å². The Hall–Kier alpha value is -2.01. The molecule has 0 saturated heterocycles. The van der Waals surface area contributed by atoms with Crippen LogP contribution in [0.5, 0.6) is 0 Å². The lowest BCUT2D eigenvalue weighted by molar-refractivity contribution is 0.794. The summed E-state index contributed by atoms with van der Waals surface area (Å²) < 4.78 is 0. The maximum atomic E-state index is 5.56. The first-order valence-electron chi connectivity index (χ1n) is 6.11. The number of thiocarbonyl (C=S) groups is 1. The fourth-order valence-electron chi connectivity index (χ4n) is 1.76. The summed E-state index contributed by atoms with van der Waals surface area (Å²) in [4.78, 5) is 11.2. The Morgan fingerprint density at radius 2 is 2.11 bits per heavy atom. The van der Waals surface area contributed by atoms with Crippen molar-refractivity contribution in [2.24, 2.45) is 5.73 Å². The topological polar surface area (TPSA) is 55.0 Å². The molecule has 2 aromatic rings. The highest BCUT2D eigenvalue weighted by Gasteiger charge is 2.07. The summed E-state index contributed by atoms with van der Waals surface area (Å²) in [5.74, 6) is 0.896. The van der Waals surface area contributed by atoms with Crippen LogP contribution in [0.4, 0.5) is 5.82 Å². The maximum absolute atomic E-state index is 5.56. The van der Waals surface area contributed by atoms with Gasteiger partial charge in [0, 0.05) is 24.5 Å². The third-order valence-electron chi connectivity index (χ3n) is 2.82. The molecule has 0 radical (unpaired) electrons. The van der Waals surface area contributed by atoms with E-state index in [1.165, 1.54) is 0 Å². The molecule has 0 aromatic carbocycles. The van der Waals surface area contributed by atoms with Crippen molar-refractivity contribution < 1.29 is 0 Å². The van der Waals surface area contributed by atoms with Gasteiger partial charge in [0.25, 0.3) is 0 Å². The Morgan fingerprint density at radius 3 is 2.63 bits per heavy atom. The van der Waals surface area contributed by atoms with Crippen molar-refractivity contribution in [1.82, 2.24) is 9.97 Å². The van der Waals surface area contributed by atoms with Crippen LogP contribution in [-0.2, 0) is 6.54 Å². The minimum absolute atomic E-state index is 0.367. The summed E-state index contributed by atoms with van der Waals surface area (Å²) in [6.45, 7) is 3.68. The van der Waals surface area contributed by atoms with Gasteiger partial charge in [-0.05, 0) is 31.2 Å². The second kappa shape index (κ2) is 6.24. The number of aromatic nitrogens is 2. The Morgan fingerprint density at radius 1 is 1.26 bits per heavy atom. The van der Waals surface area contributed by atoms with Crippen LogP contribution in [0, 0.1) is 0 Å². The standard InChI is InChI=1S/C14H16N4S/c1-2-18(10-12-5-3-4-8-16-12)13-7-6-11(9-17-13)14(15)19/h3-9H,2,10H2,1H3,(H2,15,19). The predicted molar refractivity (Wildman–Crippen MR) is 81.1 cm³/mol. The highest BCUT2D eigenvalue weighted by atomic mass is 32.1. The molecule has 0 amide bonds. The average Bonchev–Trinajstić information content (AvgIpc) is 2.46. The molecule has 0 aliphatic carbocycles. The van der Waals surface area contributed by atoms with Gasteiger partial charge in [-0.2, -0.15) is 0 Å². The van der Waals surface area contributed by atoms with Gasteiger partial charge in [0.15, 0.2) is 0 Å². The lowest BCUT2D eigenvalue weighted by atomic mass is 10.2. The van der Waals surface area contributed by atoms with Crippen molar-refractivity contribution in [3.05, 3.63) is 54.0 Å². The highest BCUT2D eigenvalue weighted by molar-refractivity contribution is 7.80. The molecule has 2 heterocycles. The Bertz CT molecular complexity index is 539. The van der Waals surface area contributed by atoms with Crippen molar-refractivity contribution >= 4 is 23.0 Å². The van der Waals surface area contributed by atoms with Gasteiger partial charge in [0.2, 0.25) is 0 Å². The first-order valence-corrected chi connectivity index (χ1v) is 6.52. The van der Waals surface area contributed by atoms with E-state index in [9.17, 15) is 0 Å². The van der Waals surface area contributed by atoms with E-state index < -0.39 is 0 Å². The summed E-state index contributed by atoms with van der Waals surface area (Å²) in [5.41, 5.74) is 7.37. The van der Waals surface area contributed by atoms with Crippen LogP contribution in [0.3, 0.4) is 0 Å². The third-order valence-corrected chi connectivity index (χ3v) is 3.05. The average molecular weight is 272 g/mol. The first-order chi connectivity index (χ1) is 9.20. The Kier molecular flexibility index (Phi) is 4.41. The molecule has 0 fully saturated rings. The van der Waals surface area contributed by atoms with Crippen LogP contribution >= 0.6 is 12.2 Å². The predicted octanol–water partition coefficient (Wildman–Crippen LogP) is 2.14. The summed E-state index contributed by atoms with van der Waals surface area (Å²) in [7, 11) is 0. The van der Waals surface area contributed by atoms with Crippen LogP contribution in [0.15, 0.2) is 42.7 Å². The van der Waals surface area contributed by atoms with Crippen LogP contribution in [-0.4, -0.2) is 21.5 Å². The molecule has 5 heteroatoms. The number of nitrogens with zero attached hydrogens (tertiary/aromatic N) is 3. The largest absolute Gasteiger partial charge is 0.389 e. The normalized spacial score (nSPS) is 10.2. The number of pyridine rings is 2. The summed E-state index contributed by atoms with van der Waals surface area (Å²) in [5, 5.41) is 0. The maximum Gasteiger partial charge on any atom is 0.128 e. The van der Waals surface area contributed by atoms with Crippen LogP contribution in [0.1, 0.15) is 18.2 Å². The molecule has 2 aromatic heterocycles. The number of rotatable bonds is 5. The summed E-state index contributed by atoms with van der Waals surface area (Å²) >= 11 is 4.92. The molecule has 0 saturated carbocycles. The van der Waals surface area contributed by atoms with E-state index in [2.05, 4.69) is 21.8 Å². The molecular formula is C14H16N4S. The highest BCUT2D eigenvalue weighted by Crippen LogP contribution is 2.13. The Labute approximate surface area is 118 Å². The molecule has 0 unspecified atom stereocenters. The van der Waals surface area contributed by atoms with E-state index in [1.54, 1.807) is 12.4 Å². The van der Waals surface area contributed by atoms with Gasteiger partial charge in [0.05, 0.1) is 12.2 Å². The molecule has 0 aliphatic heterocycles. The molecule has 2 N–H and O–H groups in total. The molecule has 98 valence electrons. The quantitative estimate of drug-likeness (QED) is 0.845. The second-order valence-electron chi connectivity index (χ2n) is 4.10. The van der Waals surface area contributed by atoms with E-state index in [0.717, 1.165) is 30.2 Å². The number of hydrogen-bond acceptors (Lipinski definition) is 4. The third kappa shape index (κ3) is 3.48. The van der Waals surface area contributed by atoms with Crippen molar-refractivity contribution in [2.75, 3.05) is 11.4 Å². The van der Waals surface area contributed by atoms with Gasteiger partial charge in [-0.3, -0.25) is 4.98 Å². The number of nitrogens with two attached hydrogens (primary N) is 1. The van der Waals surface area contributed by atoms with Gasteiger partial charge >= 0.3 is 0 Å². The monoisotopic (exact) mass is 272 g/mol. The summed E-state index contributed by atoms with van der Waals surface area (Å²) in [6.07, 6.45) is 3.51. The van der Waals surface area contributed by atoms with Gasteiger partial charge < -0.3 is 10.6 Å². The molecular weight excluding hydrogens is 256 g/mol. The zero-order valence-electron chi connectivity index (χ0n) is 10.8. The van der Waals surface area contributed by atoms with Crippen LogP contribution in [0.25, 0.3) is 0 Å². The fraction of sp³-hybridized carbons (Fsp3) is 0.214. The lowest BCUT2D eigenvalue weighted by Crippen LogP contribution is -2.23. The second-order valence-corrected chi connectivity index (χ2v) is 4.54. The van der Waals surface area contributed by atoms with Crippen molar-refractivity contribution in [1.29, 1.82) is 0 Å². The molecule has 4 nitrogen and oxygen atoms in total. The number of anilines is 1. The van der Waals surface area contributed by atoms with Crippen molar-refractivity contribution in [3.8, 4) is 0 Å². The molecule has 0 atom stereocenters. The van der Waals surface area contributed by atoms with E-state index in [0.29, 0.717) is 4.99 Å².